The topological polar surface area (TPSA) is 73.9 Å². The number of hydrogen-bond donors (Lipinski definition) is 1. The van der Waals surface area contributed by atoms with Gasteiger partial charge in [-0.3, -0.25) is 0 Å². The molecule has 0 saturated carbocycles. The van der Waals surface area contributed by atoms with Gasteiger partial charge in [-0.2, -0.15) is 0 Å². The van der Waals surface area contributed by atoms with Crippen LogP contribution in [0.15, 0.2) is 18.2 Å². The highest BCUT2D eigenvalue weighted by Crippen LogP contribution is 2.23. The number of aryl methyl sites for hydroxylation is 1. The first kappa shape index (κ1) is 23.7. The number of amides is 1. The van der Waals surface area contributed by atoms with Gasteiger partial charge in [0.2, 0.25) is 0 Å². The third kappa shape index (κ3) is 7.74. The summed E-state index contributed by atoms with van der Waals surface area (Å²) in [7, 11) is 0. The number of alkyl carbamates (subject to hydrolysis) is 1. The molecule has 0 heterocycles. The molecule has 28 heavy (non-hydrogen) atoms. The van der Waals surface area contributed by atoms with E-state index in [1.807, 2.05) is 13.8 Å². The zero-order valence-electron chi connectivity index (χ0n) is 18.0. The molecule has 0 unspecified atom stereocenters. The maximum Gasteiger partial charge on any atom is 0.408 e. The monoisotopic (exact) mass is 397 g/mol. The van der Waals surface area contributed by atoms with Gasteiger partial charge in [0.05, 0.1) is 0 Å². The van der Waals surface area contributed by atoms with E-state index in [1.54, 1.807) is 40.7 Å². The third-order valence-electron chi connectivity index (χ3n) is 3.91. The van der Waals surface area contributed by atoms with Crippen molar-refractivity contribution in [2.75, 3.05) is 0 Å². The van der Waals surface area contributed by atoms with Crippen LogP contribution in [-0.4, -0.2) is 35.9 Å². The van der Waals surface area contributed by atoms with Crippen molar-refractivity contribution in [1.29, 1.82) is 0 Å². The van der Waals surface area contributed by atoms with Crippen LogP contribution in [-0.2, 0) is 14.3 Å². The number of hydrogen-bond acceptors (Lipinski definition) is 5. The van der Waals surface area contributed by atoms with Crippen molar-refractivity contribution < 1.29 is 28.2 Å². The van der Waals surface area contributed by atoms with Crippen LogP contribution in [0.2, 0.25) is 0 Å². The van der Waals surface area contributed by atoms with Gasteiger partial charge in [-0.1, -0.05) is 13.8 Å². The van der Waals surface area contributed by atoms with Gasteiger partial charge in [0.1, 0.15) is 35.4 Å². The summed E-state index contributed by atoms with van der Waals surface area (Å²) in [6, 6.07) is 3.37. The second kappa shape index (κ2) is 9.75. The largest absolute Gasteiger partial charge is 0.487 e. The van der Waals surface area contributed by atoms with Gasteiger partial charge >= 0.3 is 12.1 Å². The first-order valence-electron chi connectivity index (χ1n) is 9.43. The first-order valence-corrected chi connectivity index (χ1v) is 9.43. The summed E-state index contributed by atoms with van der Waals surface area (Å²) in [5.74, 6) is -0.439. The molecular formula is C21H32FNO5. The van der Waals surface area contributed by atoms with E-state index >= 15 is 0 Å². The van der Waals surface area contributed by atoms with E-state index in [9.17, 15) is 14.0 Å². The molecule has 1 aromatic rings. The van der Waals surface area contributed by atoms with E-state index in [1.165, 1.54) is 19.1 Å². The Hall–Kier alpha value is -2.31. The summed E-state index contributed by atoms with van der Waals surface area (Å²) < 4.78 is 29.9. The van der Waals surface area contributed by atoms with Crippen molar-refractivity contribution in [1.82, 2.24) is 5.32 Å². The maximum atomic E-state index is 13.3. The van der Waals surface area contributed by atoms with Crippen molar-refractivity contribution in [2.45, 2.75) is 79.2 Å². The Bertz CT molecular complexity index is 684. The molecule has 1 N–H and O–H groups in total. The molecule has 0 fully saturated rings. The van der Waals surface area contributed by atoms with Crippen molar-refractivity contribution in [3.05, 3.63) is 29.6 Å². The minimum absolute atomic E-state index is 0.0339. The average Bonchev–Trinajstić information content (AvgIpc) is 2.52. The lowest BCUT2D eigenvalue weighted by Crippen LogP contribution is -2.46. The van der Waals surface area contributed by atoms with E-state index in [0.29, 0.717) is 11.3 Å². The number of ether oxygens (including phenoxy) is 3. The van der Waals surface area contributed by atoms with E-state index in [-0.39, 0.29) is 11.7 Å². The van der Waals surface area contributed by atoms with Crippen molar-refractivity contribution in [2.24, 2.45) is 5.92 Å². The van der Waals surface area contributed by atoms with Gasteiger partial charge in [-0.05, 0) is 71.2 Å². The van der Waals surface area contributed by atoms with Gasteiger partial charge in [-0.25, -0.2) is 14.0 Å². The van der Waals surface area contributed by atoms with Crippen molar-refractivity contribution in [3.8, 4) is 5.75 Å². The van der Waals surface area contributed by atoms with Gasteiger partial charge in [0.25, 0.3) is 0 Å². The van der Waals surface area contributed by atoms with Crippen LogP contribution in [0.5, 0.6) is 5.75 Å². The van der Waals surface area contributed by atoms with E-state index < -0.39 is 35.9 Å². The van der Waals surface area contributed by atoms with E-state index in [0.717, 1.165) is 0 Å². The molecule has 0 saturated heterocycles. The molecule has 1 rings (SSSR count). The average molecular weight is 397 g/mol. The van der Waals surface area contributed by atoms with E-state index in [4.69, 9.17) is 14.2 Å². The molecule has 158 valence electrons. The molecule has 0 spiro atoms. The highest BCUT2D eigenvalue weighted by atomic mass is 19.1. The van der Waals surface area contributed by atoms with Crippen LogP contribution in [0.1, 0.15) is 54.0 Å². The molecule has 1 aromatic carbocycles. The van der Waals surface area contributed by atoms with Crippen LogP contribution >= 0.6 is 0 Å². The van der Waals surface area contributed by atoms with Gasteiger partial charge in [0.15, 0.2) is 0 Å². The highest BCUT2D eigenvalue weighted by Gasteiger charge is 2.30. The Morgan fingerprint density at radius 3 is 2.21 bits per heavy atom. The molecule has 6 nitrogen and oxygen atoms in total. The fraction of sp³-hybridized carbons (Fsp3) is 0.619. The summed E-state index contributed by atoms with van der Waals surface area (Å²) in [6.07, 6.45) is -1.72. The summed E-state index contributed by atoms with van der Waals surface area (Å²) in [5.41, 5.74) is -0.00977. The Labute approximate surface area is 166 Å². The molecule has 0 aliphatic rings. The van der Waals surface area contributed by atoms with Gasteiger partial charge in [-0.15, -0.1) is 0 Å². The number of rotatable bonds is 7. The normalized spacial score (nSPS) is 14.8. The fourth-order valence-electron chi connectivity index (χ4n) is 2.57. The Morgan fingerprint density at radius 1 is 1.11 bits per heavy atom. The predicted molar refractivity (Wildman–Crippen MR) is 105 cm³/mol. The Morgan fingerprint density at radius 2 is 1.71 bits per heavy atom. The lowest BCUT2D eigenvalue weighted by atomic mass is 10.0. The number of halogens is 1. The van der Waals surface area contributed by atoms with E-state index in [2.05, 4.69) is 5.32 Å². The van der Waals surface area contributed by atoms with Gasteiger partial charge in [0, 0.05) is 0 Å². The summed E-state index contributed by atoms with van der Waals surface area (Å²) >= 11 is 0. The quantitative estimate of drug-likeness (QED) is 0.691. The summed E-state index contributed by atoms with van der Waals surface area (Å²) in [5, 5.41) is 2.47. The zero-order chi connectivity index (χ0) is 21.6. The lowest BCUT2D eigenvalue weighted by Gasteiger charge is -2.29. The maximum absolute atomic E-state index is 13.3. The minimum atomic E-state index is -0.879. The second-order valence-electron chi connectivity index (χ2n) is 8.25. The molecule has 0 aliphatic heterocycles. The lowest BCUT2D eigenvalue weighted by molar-refractivity contribution is -0.158. The Kier molecular flexibility index (Phi) is 8.27. The molecule has 3 atom stereocenters. The minimum Gasteiger partial charge on any atom is -0.487 e. The number of esters is 1. The molecule has 0 aliphatic carbocycles. The molecule has 0 bridgehead atoms. The van der Waals surface area contributed by atoms with Crippen LogP contribution < -0.4 is 10.1 Å². The number of nitrogens with one attached hydrogen (secondary N) is 1. The number of carbonyl (C=O) groups is 2. The zero-order valence-corrected chi connectivity index (χ0v) is 18.0. The molecule has 1 amide bonds. The predicted octanol–water partition coefficient (Wildman–Crippen LogP) is 4.38. The molecule has 0 aromatic heterocycles. The smallest absolute Gasteiger partial charge is 0.408 e. The Balaban J connectivity index is 2.74. The SMILES string of the molecule is Cc1cc(F)ccc1O[C@@H](C)[C@@H](OC(=O)[C@H](C)NC(=O)OC(C)(C)C)C(C)C. The van der Waals surface area contributed by atoms with Crippen molar-refractivity contribution >= 4 is 12.1 Å². The standard InChI is InChI=1S/C21H32FNO5/c1-12(2)18(15(5)26-17-10-9-16(22)11-13(17)3)27-19(24)14(4)23-20(25)28-21(6,7)8/h9-12,14-15,18H,1-8H3,(H,23,25)/t14-,15-,18-/m0/s1. The molecule has 7 heteroatoms. The highest BCUT2D eigenvalue weighted by molar-refractivity contribution is 5.81. The van der Waals surface area contributed by atoms with Crippen molar-refractivity contribution in [3.63, 3.8) is 0 Å². The first-order chi connectivity index (χ1) is 12.8. The molecule has 0 radical (unpaired) electrons. The molecular weight excluding hydrogens is 365 g/mol. The van der Waals surface area contributed by atoms with Crippen LogP contribution in [0.4, 0.5) is 9.18 Å². The number of benzene rings is 1. The summed E-state index contributed by atoms with van der Waals surface area (Å²) in [6.45, 7) is 14.1. The van der Waals surface area contributed by atoms with Crippen LogP contribution in [0, 0.1) is 18.7 Å². The van der Waals surface area contributed by atoms with Crippen LogP contribution in [0.3, 0.4) is 0 Å². The second-order valence-corrected chi connectivity index (χ2v) is 8.25. The summed E-state index contributed by atoms with van der Waals surface area (Å²) in [4.78, 5) is 24.3. The van der Waals surface area contributed by atoms with Gasteiger partial charge < -0.3 is 19.5 Å². The number of carbonyl (C=O) groups excluding carboxylic acids is 2. The van der Waals surface area contributed by atoms with Crippen LogP contribution in [0.25, 0.3) is 0 Å². The fourth-order valence-corrected chi connectivity index (χ4v) is 2.57. The third-order valence-corrected chi connectivity index (χ3v) is 3.91.